The predicted octanol–water partition coefficient (Wildman–Crippen LogP) is 2.23. The van der Waals surface area contributed by atoms with E-state index in [1.165, 1.54) is 12.7 Å². The van der Waals surface area contributed by atoms with Crippen LogP contribution in [0.15, 0.2) is 24.3 Å². The Morgan fingerprint density at radius 3 is 2.60 bits per heavy atom. The molecular formula is C12H15O2Y-. The second-order valence-corrected chi connectivity index (χ2v) is 3.37. The molecule has 0 heterocycles. The fourth-order valence-corrected chi connectivity index (χ4v) is 1.29. The van der Waals surface area contributed by atoms with Crippen LogP contribution >= 0.6 is 0 Å². The summed E-state index contributed by atoms with van der Waals surface area (Å²) >= 11 is 0. The average molecular weight is 280 g/mol. The maximum atomic E-state index is 11.1. The van der Waals surface area contributed by atoms with E-state index in [9.17, 15) is 4.79 Å². The van der Waals surface area contributed by atoms with Crippen LogP contribution in [0.2, 0.25) is 0 Å². The maximum absolute atomic E-state index is 11.1. The molecule has 1 unspecified atom stereocenters. The molecule has 0 aliphatic rings. The van der Waals surface area contributed by atoms with Crippen LogP contribution in [0.25, 0.3) is 0 Å². The van der Waals surface area contributed by atoms with Crippen molar-refractivity contribution in [1.82, 2.24) is 0 Å². The zero-order chi connectivity index (χ0) is 10.4. The Bertz CT molecular complexity index is 285. The van der Waals surface area contributed by atoms with Gasteiger partial charge in [0.1, 0.15) is 0 Å². The third-order valence-corrected chi connectivity index (χ3v) is 2.26. The number of hydrogen-bond acceptors (Lipinski definition) is 2. The number of rotatable bonds is 4. The van der Waals surface area contributed by atoms with E-state index < -0.39 is 0 Å². The number of carbonyl (C=O) groups excluding carboxylic acids is 1. The predicted molar refractivity (Wildman–Crippen MR) is 54.8 cm³/mol. The van der Waals surface area contributed by atoms with Crippen molar-refractivity contribution in [2.24, 2.45) is 5.92 Å². The summed E-state index contributed by atoms with van der Waals surface area (Å²) in [6.07, 6.45) is 1.74. The number of carbonyl (C=O) groups is 1. The number of benzene rings is 1. The minimum Gasteiger partial charge on any atom is -0.469 e. The van der Waals surface area contributed by atoms with Gasteiger partial charge in [-0.15, -0.1) is 0 Å². The van der Waals surface area contributed by atoms with E-state index in [0.717, 1.165) is 12.8 Å². The van der Waals surface area contributed by atoms with Crippen LogP contribution in [0.3, 0.4) is 0 Å². The first-order valence-electron chi connectivity index (χ1n) is 4.77. The molecule has 0 aromatic heterocycles. The molecule has 1 aromatic carbocycles. The van der Waals surface area contributed by atoms with Crippen molar-refractivity contribution in [3.05, 3.63) is 35.9 Å². The average Bonchev–Trinajstić information content (AvgIpc) is 2.26. The van der Waals surface area contributed by atoms with Gasteiger partial charge in [0.2, 0.25) is 0 Å². The van der Waals surface area contributed by atoms with E-state index in [1.807, 2.05) is 31.2 Å². The molecule has 0 N–H and O–H groups in total. The van der Waals surface area contributed by atoms with E-state index in [4.69, 9.17) is 0 Å². The van der Waals surface area contributed by atoms with Crippen LogP contribution in [-0.2, 0) is 48.7 Å². The number of hydrogen-bond donors (Lipinski definition) is 0. The van der Waals surface area contributed by atoms with E-state index in [2.05, 4.69) is 10.8 Å². The Morgan fingerprint density at radius 2 is 2.07 bits per heavy atom. The summed E-state index contributed by atoms with van der Waals surface area (Å²) in [6.45, 7) is 1.89. The topological polar surface area (TPSA) is 26.3 Å². The molecule has 2 nitrogen and oxygen atoms in total. The molecule has 0 saturated carbocycles. The minimum atomic E-state index is -0.132. The first kappa shape index (κ1) is 14.8. The van der Waals surface area contributed by atoms with Gasteiger partial charge in [0.25, 0.3) is 0 Å². The Hall–Kier alpha value is -0.206. The molecule has 1 aromatic rings. The quantitative estimate of drug-likeness (QED) is 0.624. The van der Waals surface area contributed by atoms with E-state index >= 15 is 0 Å². The summed E-state index contributed by atoms with van der Waals surface area (Å²) in [4.78, 5) is 11.1. The van der Waals surface area contributed by atoms with Crippen LogP contribution in [0.5, 0.6) is 0 Å². The normalized spacial score (nSPS) is 11.3. The van der Waals surface area contributed by atoms with Gasteiger partial charge in [-0.3, -0.25) is 4.79 Å². The summed E-state index contributed by atoms with van der Waals surface area (Å²) < 4.78 is 4.66. The maximum Gasteiger partial charge on any atom is 0.308 e. The van der Waals surface area contributed by atoms with E-state index in [0.29, 0.717) is 0 Å². The van der Waals surface area contributed by atoms with Gasteiger partial charge in [-0.25, -0.2) is 0 Å². The fraction of sp³-hybridized carbons (Fsp3) is 0.417. The van der Waals surface area contributed by atoms with Gasteiger partial charge in [0.15, 0.2) is 0 Å². The molecule has 0 spiro atoms. The fourth-order valence-electron chi connectivity index (χ4n) is 1.29. The van der Waals surface area contributed by atoms with Crippen molar-refractivity contribution in [3.8, 4) is 0 Å². The molecule has 1 atom stereocenters. The second-order valence-electron chi connectivity index (χ2n) is 3.37. The number of ether oxygens (including phenoxy) is 1. The first-order valence-corrected chi connectivity index (χ1v) is 4.77. The van der Waals surface area contributed by atoms with Gasteiger partial charge >= 0.3 is 5.97 Å². The van der Waals surface area contributed by atoms with Crippen molar-refractivity contribution in [1.29, 1.82) is 0 Å². The number of esters is 1. The second kappa shape index (κ2) is 8.01. The van der Waals surface area contributed by atoms with Gasteiger partial charge in [-0.2, -0.15) is 35.9 Å². The molecule has 79 valence electrons. The Labute approximate surface area is 116 Å². The third-order valence-electron chi connectivity index (χ3n) is 2.26. The van der Waals surface area contributed by atoms with Crippen LogP contribution < -0.4 is 0 Å². The summed E-state index contributed by atoms with van der Waals surface area (Å²) in [7, 11) is 1.43. The molecule has 0 amide bonds. The Kier molecular flexibility index (Phi) is 7.90. The summed E-state index contributed by atoms with van der Waals surface area (Å²) in [5.74, 6) is -0.156. The van der Waals surface area contributed by atoms with Crippen molar-refractivity contribution in [2.45, 2.75) is 19.8 Å². The first-order chi connectivity index (χ1) is 6.74. The van der Waals surface area contributed by atoms with Crippen molar-refractivity contribution in [2.75, 3.05) is 7.11 Å². The molecular weight excluding hydrogens is 265 g/mol. The molecule has 0 saturated heterocycles. The molecule has 0 fully saturated rings. The SMILES string of the molecule is COC(=O)C(C)CCc1cc[c-]cc1.[Y]. The smallest absolute Gasteiger partial charge is 0.308 e. The summed E-state index contributed by atoms with van der Waals surface area (Å²) in [6, 6.07) is 10.8. The Morgan fingerprint density at radius 1 is 1.47 bits per heavy atom. The van der Waals surface area contributed by atoms with Crippen molar-refractivity contribution < 1.29 is 42.2 Å². The van der Waals surface area contributed by atoms with Gasteiger partial charge in [0.05, 0.1) is 13.0 Å². The van der Waals surface area contributed by atoms with Crippen molar-refractivity contribution >= 4 is 5.97 Å². The van der Waals surface area contributed by atoms with E-state index in [-0.39, 0.29) is 44.6 Å². The summed E-state index contributed by atoms with van der Waals surface area (Å²) in [5, 5.41) is 0. The molecule has 0 aliphatic carbocycles. The van der Waals surface area contributed by atoms with Crippen LogP contribution in [0, 0.1) is 12.0 Å². The monoisotopic (exact) mass is 280 g/mol. The van der Waals surface area contributed by atoms with Gasteiger partial charge < -0.3 is 4.74 Å². The van der Waals surface area contributed by atoms with Crippen LogP contribution in [0.4, 0.5) is 0 Å². The summed E-state index contributed by atoms with van der Waals surface area (Å²) in [5.41, 5.74) is 1.24. The van der Waals surface area contributed by atoms with Gasteiger partial charge in [0, 0.05) is 32.7 Å². The largest absolute Gasteiger partial charge is 0.469 e. The van der Waals surface area contributed by atoms with Crippen molar-refractivity contribution in [3.63, 3.8) is 0 Å². The van der Waals surface area contributed by atoms with Crippen LogP contribution in [-0.4, -0.2) is 13.1 Å². The molecule has 1 rings (SSSR count). The molecule has 15 heavy (non-hydrogen) atoms. The zero-order valence-corrected chi connectivity index (χ0v) is 12.0. The number of aryl methyl sites for hydroxylation is 1. The molecule has 3 heteroatoms. The van der Waals surface area contributed by atoms with Crippen LogP contribution in [0.1, 0.15) is 18.9 Å². The van der Waals surface area contributed by atoms with E-state index in [1.54, 1.807) is 0 Å². The van der Waals surface area contributed by atoms with Gasteiger partial charge in [-0.05, 0) is 12.8 Å². The minimum absolute atomic E-state index is 0. The number of methoxy groups -OCH3 is 1. The Balaban J connectivity index is 0.00000196. The van der Waals surface area contributed by atoms with Gasteiger partial charge in [-0.1, -0.05) is 6.92 Å². The third kappa shape index (κ3) is 5.43. The molecule has 1 radical (unpaired) electrons. The molecule has 0 bridgehead atoms. The standard InChI is InChI=1S/C12H15O2.Y/c1-10(12(13)14-2)8-9-11-6-4-3-5-7-11;/h4-7,10H,8-9H2,1-2H3;/q-1;. The molecule has 0 aliphatic heterocycles. The zero-order valence-electron chi connectivity index (χ0n) is 9.19.